The fraction of sp³-hybridized carbons (Fsp3) is 0.0588. The second kappa shape index (κ2) is 5.89. The van der Waals surface area contributed by atoms with Crippen molar-refractivity contribution < 1.29 is 9.15 Å². The number of hydrogen-bond acceptors (Lipinski definition) is 4. The Balaban J connectivity index is 1.75. The number of nitrogens with zero attached hydrogens (tertiary/aromatic N) is 3. The minimum Gasteiger partial charge on any atom is -0.473 e. The Morgan fingerprint density at radius 1 is 1.13 bits per heavy atom. The Kier molecular flexibility index (Phi) is 3.59. The van der Waals surface area contributed by atoms with Crippen molar-refractivity contribution >= 4 is 21.6 Å². The number of halogens is 1. The highest BCUT2D eigenvalue weighted by molar-refractivity contribution is 9.10. The van der Waals surface area contributed by atoms with Gasteiger partial charge in [-0.05, 0) is 33.6 Å². The molecule has 0 N–H and O–H groups in total. The molecule has 0 unspecified atom stereocenters. The Labute approximate surface area is 140 Å². The van der Waals surface area contributed by atoms with Crippen LogP contribution in [0.25, 0.3) is 17.1 Å². The number of ether oxygens (including phenoxy) is 1. The van der Waals surface area contributed by atoms with E-state index in [1.54, 1.807) is 17.0 Å². The van der Waals surface area contributed by atoms with Gasteiger partial charge >= 0.3 is 0 Å². The largest absolute Gasteiger partial charge is 0.473 e. The highest BCUT2D eigenvalue weighted by Crippen LogP contribution is 2.27. The molecular weight excluding hydrogens is 358 g/mol. The number of benzene rings is 1. The summed E-state index contributed by atoms with van der Waals surface area (Å²) in [4.78, 5) is 4.57. The minimum atomic E-state index is 0.453. The molecule has 4 aromatic rings. The van der Waals surface area contributed by atoms with Crippen LogP contribution in [0, 0.1) is 0 Å². The van der Waals surface area contributed by atoms with Gasteiger partial charge in [0.15, 0.2) is 11.4 Å². The monoisotopic (exact) mass is 369 g/mol. The lowest BCUT2D eigenvalue weighted by Crippen LogP contribution is -2.03. The molecule has 1 aromatic carbocycles. The van der Waals surface area contributed by atoms with Gasteiger partial charge < -0.3 is 9.15 Å². The molecule has 114 valence electrons. The molecule has 0 aliphatic carbocycles. The van der Waals surface area contributed by atoms with E-state index in [0.717, 1.165) is 10.0 Å². The molecule has 5 nitrogen and oxygen atoms in total. The van der Waals surface area contributed by atoms with E-state index in [1.165, 1.54) is 0 Å². The maximum Gasteiger partial charge on any atom is 0.219 e. The van der Waals surface area contributed by atoms with E-state index < -0.39 is 0 Å². The Bertz CT molecular complexity index is 933. The lowest BCUT2D eigenvalue weighted by molar-refractivity contribution is 0.285. The first kappa shape index (κ1) is 14.0. The first-order chi connectivity index (χ1) is 11.3. The van der Waals surface area contributed by atoms with Crippen LogP contribution in [0.15, 0.2) is 69.9 Å². The summed E-state index contributed by atoms with van der Waals surface area (Å²) in [7, 11) is 0. The van der Waals surface area contributed by atoms with Crippen molar-refractivity contribution in [2.24, 2.45) is 0 Å². The molecule has 0 aliphatic rings. The number of fused-ring (bicyclic) bond motifs is 1. The molecule has 6 heteroatoms. The van der Waals surface area contributed by atoms with Crippen LogP contribution in [0.4, 0.5) is 0 Å². The molecule has 4 rings (SSSR count). The third-order valence-electron chi connectivity index (χ3n) is 3.40. The van der Waals surface area contributed by atoms with Gasteiger partial charge in [-0.2, -0.15) is 9.61 Å². The van der Waals surface area contributed by atoms with Crippen LogP contribution in [0.5, 0.6) is 5.88 Å². The summed E-state index contributed by atoms with van der Waals surface area (Å²) < 4.78 is 13.9. The van der Waals surface area contributed by atoms with E-state index >= 15 is 0 Å². The van der Waals surface area contributed by atoms with Gasteiger partial charge in [0, 0.05) is 6.07 Å². The third kappa shape index (κ3) is 2.73. The van der Waals surface area contributed by atoms with Crippen LogP contribution >= 0.6 is 15.9 Å². The summed E-state index contributed by atoms with van der Waals surface area (Å²) in [6.07, 6.45) is 3.32. The smallest absolute Gasteiger partial charge is 0.219 e. The standard InChI is InChI=1S/C17H12BrN3O2/c18-13-10-19-21-16(23-11-12-5-2-1-3-6-12)9-14(20-17(13)21)15-7-4-8-22-15/h1-10H,11H2. The van der Waals surface area contributed by atoms with Crippen molar-refractivity contribution in [1.82, 2.24) is 14.6 Å². The zero-order chi connectivity index (χ0) is 15.6. The predicted octanol–water partition coefficient (Wildman–Crippen LogP) is 4.33. The lowest BCUT2D eigenvalue weighted by Gasteiger charge is -2.09. The average Bonchev–Trinajstić information content (AvgIpc) is 3.24. The van der Waals surface area contributed by atoms with Crippen molar-refractivity contribution in [3.05, 3.63) is 71.0 Å². The summed E-state index contributed by atoms with van der Waals surface area (Å²) in [6.45, 7) is 0.453. The Hall–Kier alpha value is -2.60. The van der Waals surface area contributed by atoms with Gasteiger partial charge in [-0.1, -0.05) is 30.3 Å². The molecule has 0 saturated carbocycles. The van der Waals surface area contributed by atoms with Crippen LogP contribution in [-0.2, 0) is 6.61 Å². The second-order valence-corrected chi connectivity index (χ2v) is 5.81. The Morgan fingerprint density at radius 3 is 2.78 bits per heavy atom. The number of rotatable bonds is 4. The normalized spacial score (nSPS) is 11.0. The SMILES string of the molecule is Brc1cnn2c(OCc3ccccc3)cc(-c3ccco3)nc12. The summed E-state index contributed by atoms with van der Waals surface area (Å²) in [6, 6.07) is 15.5. The second-order valence-electron chi connectivity index (χ2n) is 4.96. The van der Waals surface area contributed by atoms with Gasteiger partial charge in [0.2, 0.25) is 5.88 Å². The molecular formula is C17H12BrN3O2. The van der Waals surface area contributed by atoms with E-state index in [-0.39, 0.29) is 0 Å². The molecule has 0 bridgehead atoms. The van der Waals surface area contributed by atoms with Gasteiger partial charge in [-0.25, -0.2) is 4.98 Å². The zero-order valence-electron chi connectivity index (χ0n) is 12.0. The van der Waals surface area contributed by atoms with E-state index in [2.05, 4.69) is 26.0 Å². The molecule has 3 heterocycles. The molecule has 0 aliphatic heterocycles. The summed E-state index contributed by atoms with van der Waals surface area (Å²) in [5.41, 5.74) is 2.47. The number of aromatic nitrogens is 3. The van der Waals surface area contributed by atoms with E-state index in [4.69, 9.17) is 9.15 Å². The summed E-state index contributed by atoms with van der Waals surface area (Å²) in [5.74, 6) is 1.29. The topological polar surface area (TPSA) is 52.6 Å². The molecule has 0 spiro atoms. The fourth-order valence-corrected chi connectivity index (χ4v) is 2.64. The van der Waals surface area contributed by atoms with Gasteiger partial charge in [0.25, 0.3) is 0 Å². The maximum atomic E-state index is 5.96. The van der Waals surface area contributed by atoms with Crippen LogP contribution in [0.1, 0.15) is 5.56 Å². The van der Waals surface area contributed by atoms with Crippen LogP contribution < -0.4 is 4.74 Å². The van der Waals surface area contributed by atoms with Crippen LogP contribution in [-0.4, -0.2) is 14.6 Å². The predicted molar refractivity (Wildman–Crippen MR) is 89.2 cm³/mol. The molecule has 0 amide bonds. The first-order valence-electron chi connectivity index (χ1n) is 7.06. The summed E-state index contributed by atoms with van der Waals surface area (Å²) in [5, 5.41) is 4.30. The van der Waals surface area contributed by atoms with Gasteiger partial charge in [0.1, 0.15) is 12.3 Å². The van der Waals surface area contributed by atoms with Crippen molar-refractivity contribution in [2.75, 3.05) is 0 Å². The van der Waals surface area contributed by atoms with Gasteiger partial charge in [-0.15, -0.1) is 0 Å². The van der Waals surface area contributed by atoms with Crippen LogP contribution in [0.3, 0.4) is 0 Å². The van der Waals surface area contributed by atoms with E-state index in [0.29, 0.717) is 29.6 Å². The number of hydrogen-bond donors (Lipinski definition) is 0. The van der Waals surface area contributed by atoms with Crippen LogP contribution in [0.2, 0.25) is 0 Å². The molecule has 0 fully saturated rings. The Morgan fingerprint density at radius 2 is 2.00 bits per heavy atom. The fourth-order valence-electron chi connectivity index (χ4n) is 2.29. The quantitative estimate of drug-likeness (QED) is 0.537. The zero-order valence-corrected chi connectivity index (χ0v) is 13.6. The van der Waals surface area contributed by atoms with Crippen molar-refractivity contribution in [3.8, 4) is 17.3 Å². The first-order valence-corrected chi connectivity index (χ1v) is 7.85. The van der Waals surface area contributed by atoms with Gasteiger partial charge in [-0.3, -0.25) is 0 Å². The van der Waals surface area contributed by atoms with Crippen molar-refractivity contribution in [2.45, 2.75) is 6.61 Å². The average molecular weight is 370 g/mol. The highest BCUT2D eigenvalue weighted by atomic mass is 79.9. The molecule has 0 saturated heterocycles. The molecule has 23 heavy (non-hydrogen) atoms. The lowest BCUT2D eigenvalue weighted by atomic mass is 10.2. The van der Waals surface area contributed by atoms with Crippen molar-refractivity contribution in [3.63, 3.8) is 0 Å². The molecule has 3 aromatic heterocycles. The summed E-state index contributed by atoms with van der Waals surface area (Å²) >= 11 is 3.46. The van der Waals surface area contributed by atoms with E-state index in [1.807, 2.05) is 48.5 Å². The minimum absolute atomic E-state index is 0.453. The van der Waals surface area contributed by atoms with Gasteiger partial charge in [0.05, 0.1) is 16.9 Å². The third-order valence-corrected chi connectivity index (χ3v) is 3.96. The maximum absolute atomic E-state index is 5.96. The number of furan rings is 1. The highest BCUT2D eigenvalue weighted by Gasteiger charge is 2.13. The molecule has 0 radical (unpaired) electrons. The van der Waals surface area contributed by atoms with E-state index in [9.17, 15) is 0 Å². The van der Waals surface area contributed by atoms with Crippen molar-refractivity contribution in [1.29, 1.82) is 0 Å². The molecule has 0 atom stereocenters.